The zero-order valence-electron chi connectivity index (χ0n) is 13.3. The predicted octanol–water partition coefficient (Wildman–Crippen LogP) is 4.60. The molecule has 1 aromatic heterocycles. The van der Waals surface area contributed by atoms with Gasteiger partial charge in [0.15, 0.2) is 0 Å². The molecule has 1 heterocycles. The second kappa shape index (κ2) is 7.47. The Morgan fingerprint density at radius 3 is 2.00 bits per heavy atom. The van der Waals surface area contributed by atoms with Crippen LogP contribution in [-0.2, 0) is 6.54 Å². The number of aromatic nitrogens is 2. The summed E-state index contributed by atoms with van der Waals surface area (Å²) in [7, 11) is -6.00. The summed E-state index contributed by atoms with van der Waals surface area (Å²) in [6.07, 6.45) is 5.29. The summed E-state index contributed by atoms with van der Waals surface area (Å²) >= 11 is 0. The van der Waals surface area contributed by atoms with Gasteiger partial charge in [-0.2, -0.15) is 0 Å². The quantitative estimate of drug-likeness (QED) is 0.485. The summed E-state index contributed by atoms with van der Waals surface area (Å²) in [5.74, 6) is 1.22. The molecule has 0 spiro atoms. The van der Waals surface area contributed by atoms with Gasteiger partial charge in [0.2, 0.25) is 0 Å². The lowest BCUT2D eigenvalue weighted by Crippen LogP contribution is -2.33. The fourth-order valence-electron chi connectivity index (χ4n) is 2.56. The molecule has 0 bridgehead atoms. The third-order valence-corrected chi connectivity index (χ3v) is 3.14. The number of aryl methyl sites for hydroxylation is 4. The Labute approximate surface area is 128 Å². The Hall–Kier alpha value is -1.79. The summed E-state index contributed by atoms with van der Waals surface area (Å²) < 4.78 is 41.3. The van der Waals surface area contributed by atoms with Crippen LogP contribution in [0.15, 0.2) is 24.5 Å². The minimum Gasteiger partial charge on any atom is -0.418 e. The number of imidazole rings is 1. The molecule has 1 N–H and O–H groups in total. The van der Waals surface area contributed by atoms with Crippen LogP contribution in [0.2, 0.25) is 0 Å². The standard InChI is InChI=1S/C15H20N2.BF4/c1-5-7-17-8-6-16-15(17)14-12(3)9-11(2)10-13(14)4;2-1(3,4)5/h6,8-10H,5,7H2,1-4H3;/q;-1/p+1. The Kier molecular flexibility index (Phi) is 6.20. The highest BCUT2D eigenvalue weighted by Gasteiger charge is 2.20. The molecule has 0 amide bonds. The third-order valence-electron chi connectivity index (χ3n) is 3.14. The van der Waals surface area contributed by atoms with Gasteiger partial charge in [0.1, 0.15) is 12.4 Å². The van der Waals surface area contributed by atoms with E-state index in [1.165, 1.54) is 28.1 Å². The van der Waals surface area contributed by atoms with Gasteiger partial charge in [0, 0.05) is 0 Å². The minimum absolute atomic E-state index is 1.06. The van der Waals surface area contributed by atoms with E-state index in [0.29, 0.717) is 0 Å². The van der Waals surface area contributed by atoms with Crippen molar-refractivity contribution < 1.29 is 21.8 Å². The van der Waals surface area contributed by atoms with Crippen molar-refractivity contribution in [1.29, 1.82) is 0 Å². The van der Waals surface area contributed by atoms with Crippen molar-refractivity contribution in [3.8, 4) is 11.4 Å². The molecular weight excluding hydrogens is 295 g/mol. The monoisotopic (exact) mass is 316 g/mol. The van der Waals surface area contributed by atoms with Crippen LogP contribution in [0.1, 0.15) is 30.0 Å². The van der Waals surface area contributed by atoms with E-state index >= 15 is 0 Å². The van der Waals surface area contributed by atoms with Crippen molar-refractivity contribution >= 4 is 7.25 Å². The lowest BCUT2D eigenvalue weighted by molar-refractivity contribution is -0.684. The van der Waals surface area contributed by atoms with Gasteiger partial charge in [-0.3, -0.25) is 0 Å². The van der Waals surface area contributed by atoms with Crippen LogP contribution in [0.4, 0.5) is 17.3 Å². The number of nitrogens with one attached hydrogen (secondary N) is 1. The minimum atomic E-state index is -6.00. The number of hydrogen-bond donors (Lipinski definition) is 1. The molecule has 0 unspecified atom stereocenters. The molecule has 22 heavy (non-hydrogen) atoms. The Bertz CT molecular complexity index is 591. The topological polar surface area (TPSA) is 19.7 Å². The first kappa shape index (κ1) is 18.3. The number of benzene rings is 1. The fourth-order valence-corrected chi connectivity index (χ4v) is 2.56. The van der Waals surface area contributed by atoms with E-state index in [4.69, 9.17) is 0 Å². The van der Waals surface area contributed by atoms with Crippen molar-refractivity contribution in [2.24, 2.45) is 0 Å². The van der Waals surface area contributed by atoms with Crippen molar-refractivity contribution in [3.63, 3.8) is 0 Å². The number of aromatic amines is 1. The molecule has 0 aliphatic heterocycles. The van der Waals surface area contributed by atoms with Gasteiger partial charge in [0.25, 0.3) is 5.82 Å². The summed E-state index contributed by atoms with van der Waals surface area (Å²) in [6.45, 7) is 9.79. The van der Waals surface area contributed by atoms with Gasteiger partial charge in [-0.1, -0.05) is 24.6 Å². The second-order valence-corrected chi connectivity index (χ2v) is 5.27. The van der Waals surface area contributed by atoms with E-state index in [0.717, 1.165) is 13.0 Å². The van der Waals surface area contributed by atoms with E-state index in [1.54, 1.807) is 0 Å². The highest BCUT2D eigenvalue weighted by molar-refractivity contribution is 6.50. The molecule has 2 aromatic rings. The summed E-state index contributed by atoms with van der Waals surface area (Å²) in [5.41, 5.74) is 5.36. The molecule has 0 atom stereocenters. The van der Waals surface area contributed by atoms with Gasteiger partial charge in [-0.05, 0) is 38.3 Å². The highest BCUT2D eigenvalue weighted by Crippen LogP contribution is 2.24. The maximum atomic E-state index is 9.75. The largest absolute Gasteiger partial charge is 0.673 e. The first-order chi connectivity index (χ1) is 10.1. The van der Waals surface area contributed by atoms with Gasteiger partial charge in [0.05, 0.1) is 12.1 Å². The molecule has 1 aromatic carbocycles. The van der Waals surface area contributed by atoms with Crippen LogP contribution < -0.4 is 4.57 Å². The molecule has 0 fully saturated rings. The van der Waals surface area contributed by atoms with Crippen LogP contribution in [0.3, 0.4) is 0 Å². The predicted molar refractivity (Wildman–Crippen MR) is 81.1 cm³/mol. The zero-order valence-corrected chi connectivity index (χ0v) is 13.3. The van der Waals surface area contributed by atoms with Crippen LogP contribution in [0.25, 0.3) is 11.4 Å². The summed E-state index contributed by atoms with van der Waals surface area (Å²) in [6, 6.07) is 4.50. The first-order valence-electron chi connectivity index (χ1n) is 7.15. The number of H-pyrrole nitrogens is 1. The molecule has 0 aliphatic carbocycles. The molecule has 0 radical (unpaired) electrons. The second-order valence-electron chi connectivity index (χ2n) is 5.27. The number of nitrogens with zero attached hydrogens (tertiary/aromatic N) is 1. The van der Waals surface area contributed by atoms with Crippen molar-refractivity contribution in [2.45, 2.75) is 40.7 Å². The fraction of sp³-hybridized carbons (Fsp3) is 0.400. The Morgan fingerprint density at radius 2 is 1.55 bits per heavy atom. The van der Waals surface area contributed by atoms with Gasteiger partial charge < -0.3 is 17.3 Å². The Balaban J connectivity index is 0.000000422. The van der Waals surface area contributed by atoms with Gasteiger partial charge in [-0.25, -0.2) is 9.55 Å². The molecule has 122 valence electrons. The van der Waals surface area contributed by atoms with Crippen LogP contribution in [0.5, 0.6) is 0 Å². The van der Waals surface area contributed by atoms with E-state index < -0.39 is 7.25 Å². The van der Waals surface area contributed by atoms with E-state index in [9.17, 15) is 17.3 Å². The van der Waals surface area contributed by atoms with Crippen LogP contribution in [-0.4, -0.2) is 12.2 Å². The molecule has 0 saturated heterocycles. The normalized spacial score (nSPS) is 11.1. The highest BCUT2D eigenvalue weighted by atomic mass is 19.5. The van der Waals surface area contributed by atoms with E-state index in [2.05, 4.69) is 55.6 Å². The summed E-state index contributed by atoms with van der Waals surface area (Å²) in [4.78, 5) is 3.37. The lowest BCUT2D eigenvalue weighted by atomic mass is 9.99. The van der Waals surface area contributed by atoms with Crippen molar-refractivity contribution in [3.05, 3.63) is 41.2 Å². The number of rotatable bonds is 3. The Morgan fingerprint density at radius 1 is 1.05 bits per heavy atom. The lowest BCUT2D eigenvalue weighted by Gasteiger charge is -2.08. The van der Waals surface area contributed by atoms with Gasteiger partial charge in [-0.15, -0.1) is 0 Å². The van der Waals surface area contributed by atoms with E-state index in [1.807, 2.05) is 6.20 Å². The molecule has 2 rings (SSSR count). The van der Waals surface area contributed by atoms with Crippen LogP contribution >= 0.6 is 0 Å². The van der Waals surface area contributed by atoms with Crippen molar-refractivity contribution in [1.82, 2.24) is 4.98 Å². The average Bonchev–Trinajstić information content (AvgIpc) is 2.74. The molecule has 0 aliphatic rings. The first-order valence-corrected chi connectivity index (χ1v) is 7.15. The molecule has 7 heteroatoms. The zero-order chi connectivity index (χ0) is 16.9. The molecule has 2 nitrogen and oxygen atoms in total. The SMILES string of the molecule is CCC[n+]1cc[nH]c1-c1c(C)cc(C)cc1C.F[B-](F)(F)F. The van der Waals surface area contributed by atoms with Crippen molar-refractivity contribution in [2.75, 3.05) is 0 Å². The maximum absolute atomic E-state index is 9.75. The third kappa shape index (κ3) is 5.54. The number of hydrogen-bond acceptors (Lipinski definition) is 0. The summed E-state index contributed by atoms with van der Waals surface area (Å²) in [5, 5.41) is 0. The molecular formula is C15H21BF4N2. The maximum Gasteiger partial charge on any atom is 0.673 e. The van der Waals surface area contributed by atoms with Crippen LogP contribution in [0, 0.1) is 20.8 Å². The number of halogens is 4. The van der Waals surface area contributed by atoms with Gasteiger partial charge >= 0.3 is 7.25 Å². The average molecular weight is 316 g/mol. The smallest absolute Gasteiger partial charge is 0.418 e. The van der Waals surface area contributed by atoms with E-state index in [-0.39, 0.29) is 0 Å². The molecule has 0 saturated carbocycles.